The molecule has 0 aromatic rings. The molecule has 0 unspecified atom stereocenters. The van der Waals surface area contributed by atoms with E-state index in [4.69, 9.17) is 27.9 Å². The number of hydrogen-bond acceptors (Lipinski definition) is 2. The summed E-state index contributed by atoms with van der Waals surface area (Å²) in [5, 5.41) is -0.0808. The van der Waals surface area contributed by atoms with Gasteiger partial charge >= 0.3 is 5.97 Å². The molecular formula is C7H10Cl2O2. The van der Waals surface area contributed by atoms with Crippen molar-refractivity contribution in [1.82, 2.24) is 0 Å². The molecule has 4 heteroatoms. The molecule has 0 aliphatic heterocycles. The van der Waals surface area contributed by atoms with Crippen molar-refractivity contribution in [2.45, 2.75) is 19.8 Å². The molecular weight excluding hydrogens is 187 g/mol. The smallest absolute Gasteiger partial charge is 0.350 e. The quantitative estimate of drug-likeness (QED) is 0.393. The van der Waals surface area contributed by atoms with Crippen molar-refractivity contribution >= 4 is 29.2 Å². The number of hydrogen-bond donors (Lipinski definition) is 0. The van der Waals surface area contributed by atoms with Gasteiger partial charge in [-0.1, -0.05) is 36.5 Å². The first kappa shape index (κ1) is 10.8. The average Bonchev–Trinajstić information content (AvgIpc) is 2.03. The first-order valence-electron chi connectivity index (χ1n) is 3.35. The van der Waals surface area contributed by atoms with E-state index in [0.717, 1.165) is 18.4 Å². The summed E-state index contributed by atoms with van der Waals surface area (Å²) in [5.41, 5.74) is 0.996. The zero-order chi connectivity index (χ0) is 8.69. The molecule has 0 aromatic heterocycles. The average molecular weight is 197 g/mol. The van der Waals surface area contributed by atoms with Crippen LogP contribution in [0.2, 0.25) is 0 Å². The third-order valence-corrected chi connectivity index (χ3v) is 1.62. The molecule has 0 spiro atoms. The highest BCUT2D eigenvalue weighted by Crippen LogP contribution is 2.05. The Morgan fingerprint density at radius 2 is 2.27 bits per heavy atom. The predicted octanol–water partition coefficient (Wildman–Crippen LogP) is 2.65. The van der Waals surface area contributed by atoms with Crippen LogP contribution in [-0.4, -0.2) is 12.6 Å². The number of rotatable bonds is 4. The fourth-order valence-corrected chi connectivity index (χ4v) is 0.566. The topological polar surface area (TPSA) is 26.3 Å². The lowest BCUT2D eigenvalue weighted by molar-refractivity contribution is -0.138. The van der Waals surface area contributed by atoms with Gasteiger partial charge in [0.05, 0.1) is 6.61 Å². The summed E-state index contributed by atoms with van der Waals surface area (Å²) in [7, 11) is 0. The maximum atomic E-state index is 10.7. The van der Waals surface area contributed by atoms with Crippen molar-refractivity contribution in [3.8, 4) is 0 Å². The monoisotopic (exact) mass is 196 g/mol. The number of unbranched alkanes of at least 4 members (excludes halogenated alkanes) is 1. The molecule has 0 rings (SSSR count). The minimum atomic E-state index is -0.560. The van der Waals surface area contributed by atoms with Gasteiger partial charge in [-0.25, -0.2) is 4.79 Å². The lowest BCUT2D eigenvalue weighted by Crippen LogP contribution is -2.04. The van der Waals surface area contributed by atoms with Gasteiger partial charge < -0.3 is 4.74 Å². The van der Waals surface area contributed by atoms with Crippen LogP contribution < -0.4 is 0 Å². The van der Waals surface area contributed by atoms with Gasteiger partial charge in [0, 0.05) is 5.54 Å². The second kappa shape index (κ2) is 6.50. The molecule has 0 saturated heterocycles. The Morgan fingerprint density at radius 3 is 2.73 bits per heavy atom. The Hall–Kier alpha value is -0.210. The molecule has 0 aliphatic carbocycles. The van der Waals surface area contributed by atoms with E-state index >= 15 is 0 Å². The van der Waals surface area contributed by atoms with Crippen molar-refractivity contribution in [3.05, 3.63) is 10.6 Å². The van der Waals surface area contributed by atoms with Crippen molar-refractivity contribution in [3.63, 3.8) is 0 Å². The second-order valence-electron chi connectivity index (χ2n) is 1.95. The first-order chi connectivity index (χ1) is 5.22. The molecule has 64 valence electrons. The molecule has 0 fully saturated rings. The number of carbonyl (C=O) groups excluding carboxylic acids is 1. The van der Waals surface area contributed by atoms with Crippen molar-refractivity contribution in [1.29, 1.82) is 0 Å². The first-order valence-corrected chi connectivity index (χ1v) is 4.16. The van der Waals surface area contributed by atoms with Crippen LogP contribution in [0.25, 0.3) is 0 Å². The van der Waals surface area contributed by atoms with Gasteiger partial charge in [0.25, 0.3) is 0 Å². The van der Waals surface area contributed by atoms with Crippen molar-refractivity contribution in [2.75, 3.05) is 6.61 Å². The lowest BCUT2D eigenvalue weighted by Gasteiger charge is -2.00. The molecule has 0 radical (unpaired) electrons. The Kier molecular flexibility index (Phi) is 6.37. The Bertz CT molecular complexity index is 155. The molecule has 0 bridgehead atoms. The van der Waals surface area contributed by atoms with Gasteiger partial charge in [-0.2, -0.15) is 0 Å². The van der Waals surface area contributed by atoms with Gasteiger partial charge in [0.1, 0.15) is 5.03 Å². The Morgan fingerprint density at radius 1 is 1.64 bits per heavy atom. The summed E-state index contributed by atoms with van der Waals surface area (Å²) in [4.78, 5) is 10.7. The molecule has 0 saturated carbocycles. The van der Waals surface area contributed by atoms with Gasteiger partial charge in [0.2, 0.25) is 0 Å². The molecule has 0 amide bonds. The number of carbonyl (C=O) groups is 1. The summed E-state index contributed by atoms with van der Waals surface area (Å²) in [6.45, 7) is 2.41. The van der Waals surface area contributed by atoms with Crippen LogP contribution in [0.5, 0.6) is 0 Å². The van der Waals surface area contributed by atoms with Gasteiger partial charge in [-0.15, -0.1) is 0 Å². The van der Waals surface area contributed by atoms with Crippen LogP contribution in [-0.2, 0) is 9.53 Å². The van der Waals surface area contributed by atoms with E-state index in [9.17, 15) is 4.79 Å². The van der Waals surface area contributed by atoms with Crippen LogP contribution in [0.15, 0.2) is 10.6 Å². The third kappa shape index (κ3) is 5.10. The molecule has 0 aliphatic rings. The number of ether oxygens (including phenoxy) is 1. The summed E-state index contributed by atoms with van der Waals surface area (Å²) in [5.74, 6) is -0.560. The molecule has 2 nitrogen and oxygen atoms in total. The van der Waals surface area contributed by atoms with Gasteiger partial charge in [-0.3, -0.25) is 0 Å². The third-order valence-electron chi connectivity index (χ3n) is 1.02. The van der Waals surface area contributed by atoms with E-state index in [-0.39, 0.29) is 5.03 Å². The van der Waals surface area contributed by atoms with Crippen LogP contribution in [0.3, 0.4) is 0 Å². The molecule has 0 aromatic carbocycles. The Balaban J connectivity index is 3.53. The summed E-state index contributed by atoms with van der Waals surface area (Å²) in [6, 6.07) is 0. The molecule has 0 atom stereocenters. The summed E-state index contributed by atoms with van der Waals surface area (Å²) >= 11 is 10.5. The summed E-state index contributed by atoms with van der Waals surface area (Å²) < 4.78 is 4.71. The van der Waals surface area contributed by atoms with Gasteiger partial charge in [-0.05, 0) is 6.42 Å². The highest BCUT2D eigenvalue weighted by molar-refractivity contribution is 6.45. The number of esters is 1. The van der Waals surface area contributed by atoms with Crippen LogP contribution in [0.1, 0.15) is 19.8 Å². The van der Waals surface area contributed by atoms with E-state index in [2.05, 4.69) is 0 Å². The van der Waals surface area contributed by atoms with E-state index in [1.165, 1.54) is 0 Å². The highest BCUT2D eigenvalue weighted by Gasteiger charge is 2.05. The van der Waals surface area contributed by atoms with E-state index < -0.39 is 5.97 Å². The van der Waals surface area contributed by atoms with E-state index in [1.807, 2.05) is 6.92 Å². The highest BCUT2D eigenvalue weighted by atomic mass is 35.5. The maximum Gasteiger partial charge on any atom is 0.350 e. The minimum Gasteiger partial charge on any atom is -0.461 e. The molecule has 11 heavy (non-hydrogen) atoms. The fourth-order valence-electron chi connectivity index (χ4n) is 0.423. The van der Waals surface area contributed by atoms with Crippen LogP contribution in [0.4, 0.5) is 0 Å². The minimum absolute atomic E-state index is 0.0808. The van der Waals surface area contributed by atoms with E-state index in [1.54, 1.807) is 0 Å². The predicted molar refractivity (Wildman–Crippen MR) is 45.7 cm³/mol. The molecule has 0 heterocycles. The zero-order valence-corrected chi connectivity index (χ0v) is 7.78. The van der Waals surface area contributed by atoms with Crippen LogP contribution in [0, 0.1) is 0 Å². The largest absolute Gasteiger partial charge is 0.461 e. The SMILES string of the molecule is CCCCOC(=O)C(Cl)=CCl. The van der Waals surface area contributed by atoms with Crippen molar-refractivity contribution in [2.24, 2.45) is 0 Å². The zero-order valence-electron chi connectivity index (χ0n) is 6.27. The fraction of sp³-hybridized carbons (Fsp3) is 0.571. The Labute approximate surface area is 76.1 Å². The maximum absolute atomic E-state index is 10.7. The molecule has 0 N–H and O–H groups in total. The summed E-state index contributed by atoms with van der Waals surface area (Å²) in [6.07, 6.45) is 1.83. The van der Waals surface area contributed by atoms with Crippen molar-refractivity contribution < 1.29 is 9.53 Å². The second-order valence-corrected chi connectivity index (χ2v) is 2.57. The van der Waals surface area contributed by atoms with E-state index in [0.29, 0.717) is 6.61 Å². The lowest BCUT2D eigenvalue weighted by atomic mass is 10.4. The van der Waals surface area contributed by atoms with Crippen LogP contribution >= 0.6 is 23.2 Å². The van der Waals surface area contributed by atoms with Gasteiger partial charge in [0.15, 0.2) is 0 Å². The normalized spacial score (nSPS) is 11.4. The standard InChI is InChI=1S/C7H10Cl2O2/c1-2-3-4-11-7(10)6(9)5-8/h5H,2-4H2,1H3. The number of halogens is 2.